The molecule has 148 valence electrons. The van der Waals surface area contributed by atoms with Gasteiger partial charge in [0.25, 0.3) is 10.1 Å². The first-order chi connectivity index (χ1) is 9.25. The Hall–Kier alpha value is -0.138. The van der Waals surface area contributed by atoms with E-state index in [0.29, 0.717) is 0 Å². The summed E-state index contributed by atoms with van der Waals surface area (Å²) in [6.07, 6.45) is 0. The van der Waals surface area contributed by atoms with Crippen molar-refractivity contribution in [3.8, 4) is 0 Å². The number of rotatable bonds is 0. The predicted molar refractivity (Wildman–Crippen MR) is 69.0 cm³/mol. The summed E-state index contributed by atoms with van der Waals surface area (Å²) >= 11 is 0. The molecule has 0 aliphatic carbocycles. The first kappa shape index (κ1) is 35.1. The Bertz CT molecular complexity index is 351. The number of hydrogen-bond acceptors (Lipinski definition) is 2. The molecule has 0 rings (SSSR count). The summed E-state index contributed by atoms with van der Waals surface area (Å²) in [6.45, 7) is 4.30. The zero-order valence-corrected chi connectivity index (χ0v) is 12.3. The van der Waals surface area contributed by atoms with Crippen molar-refractivity contribution in [2.75, 3.05) is 0 Å². The molecule has 0 unspecified atom stereocenters. The van der Waals surface area contributed by atoms with E-state index in [1.807, 2.05) is 0 Å². The molecule has 24 heavy (non-hydrogen) atoms. The van der Waals surface area contributed by atoms with Crippen LogP contribution in [0.25, 0.3) is 0 Å². The molecule has 0 radical (unpaired) electrons. The van der Waals surface area contributed by atoms with E-state index in [1.54, 1.807) is 0 Å². The van der Waals surface area contributed by atoms with Gasteiger partial charge in [0.15, 0.2) is 0 Å². The molecule has 0 heterocycles. The Morgan fingerprint density at radius 1 is 0.625 bits per heavy atom. The van der Waals surface area contributed by atoms with E-state index < -0.39 is 36.6 Å². The van der Waals surface area contributed by atoms with Gasteiger partial charge in [0.2, 0.25) is 0 Å². The normalized spacial score (nSPS) is 12.2. The number of hydrogen-bond donors (Lipinski definition) is 1. The Kier molecular flexibility index (Phi) is 17.9. The van der Waals surface area contributed by atoms with E-state index in [0.717, 1.165) is 0 Å². The summed E-state index contributed by atoms with van der Waals surface area (Å²) in [7, 11) is -21.8. The van der Waals surface area contributed by atoms with E-state index in [-0.39, 0.29) is 18.9 Å². The van der Waals surface area contributed by atoms with Gasteiger partial charge in [-0.1, -0.05) is 0 Å². The molecule has 0 fully saturated rings. The van der Waals surface area contributed by atoms with E-state index in [2.05, 4.69) is 0 Å². The van der Waals surface area contributed by atoms with Gasteiger partial charge < -0.3 is 51.8 Å². The molecule has 0 atom stereocenters. The summed E-state index contributed by atoms with van der Waals surface area (Å²) < 4.78 is 145. The van der Waals surface area contributed by atoms with Crippen LogP contribution in [0.5, 0.6) is 0 Å². The van der Waals surface area contributed by atoms with E-state index in [4.69, 9.17) is 4.55 Å². The van der Waals surface area contributed by atoms with Crippen LogP contribution >= 0.6 is 0 Å². The summed E-state index contributed by atoms with van der Waals surface area (Å²) in [4.78, 5) is 0. The van der Waals surface area contributed by atoms with Crippen molar-refractivity contribution >= 4 is 50.7 Å². The predicted octanol–water partition coefficient (Wildman–Crippen LogP) is 3.92. The molecule has 3 nitrogen and oxygen atoms in total. The van der Waals surface area contributed by atoms with Crippen LogP contribution in [0.2, 0.25) is 0 Å². The third-order valence-corrected chi connectivity index (χ3v) is 2.32. The van der Waals surface area contributed by atoms with Gasteiger partial charge >= 0.3 is 40.6 Å². The third-order valence-electron chi connectivity index (χ3n) is 0.774. The quantitative estimate of drug-likeness (QED) is 0.377. The molecule has 0 aromatic carbocycles. The number of halogens is 12. The molecule has 0 aliphatic heterocycles. The molecular formula is C4H11B3F12LiO3S-3. The van der Waals surface area contributed by atoms with Gasteiger partial charge in [-0.15, -0.1) is 0 Å². The van der Waals surface area contributed by atoms with Crippen molar-refractivity contribution in [1.82, 2.24) is 0 Å². The molecule has 0 aromatic rings. The van der Waals surface area contributed by atoms with Crippen molar-refractivity contribution in [3.05, 3.63) is 0 Å². The van der Waals surface area contributed by atoms with Crippen molar-refractivity contribution < 1.29 is 64.8 Å². The zero-order chi connectivity index (χ0) is 20.5. The van der Waals surface area contributed by atoms with Crippen LogP contribution in [0, 0.1) is 0 Å². The minimum absolute atomic E-state index is 0. The molecule has 1 N–H and O–H groups in total. The van der Waals surface area contributed by atoms with E-state index >= 15 is 0 Å². The topological polar surface area (TPSA) is 54.4 Å². The van der Waals surface area contributed by atoms with Gasteiger partial charge in [-0.25, -0.2) is 0 Å². The molecule has 0 aliphatic rings. The average molecular weight is 407 g/mol. The first-order valence-corrected chi connectivity index (χ1v) is 6.28. The van der Waals surface area contributed by atoms with Crippen molar-refractivity contribution in [3.63, 3.8) is 0 Å². The minimum atomic E-state index is -6.00. The van der Waals surface area contributed by atoms with Crippen LogP contribution in [0.4, 0.5) is 51.8 Å². The Morgan fingerprint density at radius 3 is 0.667 bits per heavy atom. The van der Waals surface area contributed by atoms with Gasteiger partial charge in [-0.05, 0) is 20.8 Å². The molecule has 0 saturated carbocycles. The maximum atomic E-state index is 10.2. The van der Waals surface area contributed by atoms with Crippen LogP contribution in [-0.4, -0.2) is 58.3 Å². The molecule has 0 spiro atoms. The second-order valence-corrected chi connectivity index (χ2v) is 6.25. The first-order valence-electron chi connectivity index (χ1n) is 4.84. The van der Waals surface area contributed by atoms with Gasteiger partial charge in [-0.2, -0.15) is 8.42 Å². The van der Waals surface area contributed by atoms with Crippen molar-refractivity contribution in [2.24, 2.45) is 0 Å². The van der Waals surface area contributed by atoms with Crippen LogP contribution < -0.4 is 0 Å². The fourth-order valence-electron chi connectivity index (χ4n) is 0. The van der Waals surface area contributed by atoms with E-state index in [9.17, 15) is 60.2 Å². The molecule has 0 aromatic heterocycles. The van der Waals surface area contributed by atoms with Crippen LogP contribution in [0.3, 0.4) is 0 Å². The fourth-order valence-corrected chi connectivity index (χ4v) is 0. The van der Waals surface area contributed by atoms with Crippen molar-refractivity contribution in [1.29, 1.82) is 0 Å². The second kappa shape index (κ2) is 12.3. The standard InChI is InChI=1S/C4H10O3S.3BF4.Li.H/c1-4(2,3)8(5,6)7;3*2-1(3,4)5;;/h1-3H3,(H,5,6,7);;;;;/q;3*-1;;. The zero-order valence-electron chi connectivity index (χ0n) is 11.4. The second-order valence-electron chi connectivity index (χ2n) is 4.07. The van der Waals surface area contributed by atoms with Gasteiger partial charge in [0.1, 0.15) is 0 Å². The van der Waals surface area contributed by atoms with Crippen molar-refractivity contribution in [2.45, 2.75) is 25.5 Å². The summed E-state index contributed by atoms with van der Waals surface area (Å²) in [6, 6.07) is 0. The van der Waals surface area contributed by atoms with Gasteiger partial charge in [0, 0.05) is 0 Å². The van der Waals surface area contributed by atoms with Gasteiger partial charge in [0.05, 0.1) is 4.75 Å². The summed E-state index contributed by atoms with van der Waals surface area (Å²) in [5, 5.41) is 0. The Morgan fingerprint density at radius 2 is 0.667 bits per heavy atom. The maximum absolute atomic E-state index is 10.2. The average Bonchev–Trinajstić information content (AvgIpc) is 1.86. The van der Waals surface area contributed by atoms with Crippen LogP contribution in [-0.2, 0) is 10.1 Å². The summed E-state index contributed by atoms with van der Waals surface area (Å²) in [5.41, 5.74) is 0. The SMILES string of the molecule is CC(C)(C)S(=O)(=O)O.F[B-](F)(F)F.F[B-](F)(F)F.F[B-](F)(F)F.[LiH]. The van der Waals surface area contributed by atoms with Crippen LogP contribution in [0.1, 0.15) is 20.8 Å². The monoisotopic (exact) mass is 407 g/mol. The molecule has 20 heteroatoms. The molecule has 0 amide bonds. The molecule has 0 bridgehead atoms. The molecular weight excluding hydrogens is 395 g/mol. The molecule has 0 saturated heterocycles. The third kappa shape index (κ3) is 121. The Labute approximate surface area is 141 Å². The summed E-state index contributed by atoms with van der Waals surface area (Å²) in [5.74, 6) is 0. The Balaban J connectivity index is -0.0000000677. The van der Waals surface area contributed by atoms with E-state index in [1.165, 1.54) is 20.8 Å². The van der Waals surface area contributed by atoms with Gasteiger partial charge in [-0.3, -0.25) is 4.55 Å². The fraction of sp³-hybridized carbons (Fsp3) is 1.00. The van der Waals surface area contributed by atoms with Crippen LogP contribution in [0.15, 0.2) is 0 Å².